The van der Waals surface area contributed by atoms with Gasteiger partial charge in [0.2, 0.25) is 11.8 Å². The SMILES string of the molecule is COCC(=O)NC1CCN(C(=O)[C@@H](N)CCSC)CC1. The molecule has 0 aromatic carbocycles. The van der Waals surface area contributed by atoms with Crippen LogP contribution < -0.4 is 11.1 Å². The molecule has 3 N–H and O–H groups in total. The number of hydrogen-bond acceptors (Lipinski definition) is 5. The highest BCUT2D eigenvalue weighted by Crippen LogP contribution is 2.12. The van der Waals surface area contributed by atoms with Crippen LogP contribution in [0.1, 0.15) is 19.3 Å². The molecule has 2 amide bonds. The Labute approximate surface area is 124 Å². The maximum absolute atomic E-state index is 12.1. The third-order valence-corrected chi connectivity index (χ3v) is 4.04. The van der Waals surface area contributed by atoms with Crippen molar-refractivity contribution in [3.63, 3.8) is 0 Å². The second-order valence-electron chi connectivity index (χ2n) is 4.99. The van der Waals surface area contributed by atoms with Crippen LogP contribution in [-0.2, 0) is 14.3 Å². The summed E-state index contributed by atoms with van der Waals surface area (Å²) >= 11 is 1.70. The average Bonchev–Trinajstić information content (AvgIpc) is 2.45. The number of nitrogens with zero attached hydrogens (tertiary/aromatic N) is 1. The second-order valence-corrected chi connectivity index (χ2v) is 5.97. The summed E-state index contributed by atoms with van der Waals surface area (Å²) in [6, 6.07) is -0.272. The third kappa shape index (κ3) is 5.68. The van der Waals surface area contributed by atoms with Crippen LogP contribution in [0.4, 0.5) is 0 Å². The number of thioether (sulfide) groups is 1. The van der Waals surface area contributed by atoms with E-state index in [4.69, 9.17) is 10.5 Å². The van der Waals surface area contributed by atoms with E-state index in [0.717, 1.165) is 18.6 Å². The van der Waals surface area contributed by atoms with Gasteiger partial charge in [0.05, 0.1) is 6.04 Å². The van der Waals surface area contributed by atoms with E-state index in [1.807, 2.05) is 11.2 Å². The normalized spacial score (nSPS) is 17.9. The van der Waals surface area contributed by atoms with Gasteiger partial charge < -0.3 is 20.7 Å². The van der Waals surface area contributed by atoms with Gasteiger partial charge in [-0.25, -0.2) is 0 Å². The smallest absolute Gasteiger partial charge is 0.246 e. The van der Waals surface area contributed by atoms with E-state index in [1.54, 1.807) is 11.8 Å². The molecular formula is C13H25N3O3S. The summed E-state index contributed by atoms with van der Waals surface area (Å²) < 4.78 is 4.78. The molecule has 0 aromatic rings. The molecule has 0 aromatic heterocycles. The Morgan fingerprint density at radius 3 is 2.65 bits per heavy atom. The van der Waals surface area contributed by atoms with Crippen LogP contribution in [0, 0.1) is 0 Å². The van der Waals surface area contributed by atoms with E-state index >= 15 is 0 Å². The summed E-state index contributed by atoms with van der Waals surface area (Å²) in [6.45, 7) is 1.40. The lowest BCUT2D eigenvalue weighted by molar-refractivity contribution is -0.134. The standard InChI is InChI=1S/C13H25N3O3S/c1-19-9-12(17)15-10-3-6-16(7-4-10)13(18)11(14)5-8-20-2/h10-11H,3-9,14H2,1-2H3,(H,15,17)/t11-/m0/s1. The van der Waals surface area contributed by atoms with Crippen molar-refractivity contribution >= 4 is 23.6 Å². The van der Waals surface area contributed by atoms with E-state index < -0.39 is 6.04 Å². The molecule has 0 unspecified atom stereocenters. The van der Waals surface area contributed by atoms with Crippen LogP contribution >= 0.6 is 11.8 Å². The molecule has 0 radical (unpaired) electrons. The number of amides is 2. The summed E-state index contributed by atoms with van der Waals surface area (Å²) in [6.07, 6.45) is 4.27. The van der Waals surface area contributed by atoms with Crippen LogP contribution in [0.5, 0.6) is 0 Å². The first-order chi connectivity index (χ1) is 9.58. The van der Waals surface area contributed by atoms with E-state index in [9.17, 15) is 9.59 Å². The molecule has 116 valence electrons. The van der Waals surface area contributed by atoms with Gasteiger partial charge in [-0.1, -0.05) is 0 Å². The van der Waals surface area contributed by atoms with Crippen molar-refractivity contribution in [1.29, 1.82) is 0 Å². The Morgan fingerprint density at radius 2 is 2.10 bits per heavy atom. The van der Waals surface area contributed by atoms with Gasteiger partial charge in [-0.15, -0.1) is 0 Å². The number of nitrogens with two attached hydrogens (primary N) is 1. The number of ether oxygens (including phenoxy) is 1. The number of hydrogen-bond donors (Lipinski definition) is 2. The molecule has 1 fully saturated rings. The predicted molar refractivity (Wildman–Crippen MR) is 80.6 cm³/mol. The minimum atomic E-state index is -0.401. The molecule has 0 spiro atoms. The lowest BCUT2D eigenvalue weighted by Crippen LogP contribution is -2.51. The highest BCUT2D eigenvalue weighted by atomic mass is 32.2. The number of carbonyl (C=O) groups is 2. The molecule has 6 nitrogen and oxygen atoms in total. The molecule has 1 aliphatic rings. The van der Waals surface area contributed by atoms with Gasteiger partial charge in [0.1, 0.15) is 6.61 Å². The number of piperidine rings is 1. The van der Waals surface area contributed by atoms with Crippen molar-refractivity contribution in [2.75, 3.05) is 38.8 Å². The molecule has 7 heteroatoms. The van der Waals surface area contributed by atoms with Crippen molar-refractivity contribution in [2.24, 2.45) is 5.73 Å². The maximum Gasteiger partial charge on any atom is 0.246 e. The van der Waals surface area contributed by atoms with Crippen molar-refractivity contribution in [2.45, 2.75) is 31.3 Å². The zero-order valence-electron chi connectivity index (χ0n) is 12.3. The third-order valence-electron chi connectivity index (χ3n) is 3.40. The topological polar surface area (TPSA) is 84.7 Å². The number of likely N-dealkylation sites (tertiary alicyclic amines) is 1. The molecule has 0 bridgehead atoms. The fourth-order valence-electron chi connectivity index (χ4n) is 2.25. The number of carbonyl (C=O) groups excluding carboxylic acids is 2. The summed E-state index contributed by atoms with van der Waals surface area (Å²) in [4.78, 5) is 25.3. The number of rotatable bonds is 7. The molecule has 0 aliphatic carbocycles. The fourth-order valence-corrected chi connectivity index (χ4v) is 2.74. The zero-order chi connectivity index (χ0) is 15.0. The molecule has 0 saturated carbocycles. The van der Waals surface area contributed by atoms with E-state index in [2.05, 4.69) is 5.32 Å². The van der Waals surface area contributed by atoms with Crippen LogP contribution in [0.25, 0.3) is 0 Å². The lowest BCUT2D eigenvalue weighted by Gasteiger charge is -2.33. The van der Waals surface area contributed by atoms with Crippen molar-refractivity contribution in [1.82, 2.24) is 10.2 Å². The Hall–Kier alpha value is -0.790. The molecule has 1 atom stereocenters. The first-order valence-corrected chi connectivity index (χ1v) is 8.29. The van der Waals surface area contributed by atoms with Crippen molar-refractivity contribution in [3.8, 4) is 0 Å². The average molecular weight is 303 g/mol. The Kier molecular flexibility index (Phi) is 7.94. The maximum atomic E-state index is 12.1. The Morgan fingerprint density at radius 1 is 1.45 bits per heavy atom. The summed E-state index contributed by atoms with van der Waals surface area (Å²) in [7, 11) is 1.50. The van der Waals surface area contributed by atoms with Gasteiger partial charge in [0.25, 0.3) is 0 Å². The molecule has 1 rings (SSSR count). The second kappa shape index (κ2) is 9.20. The van der Waals surface area contributed by atoms with Gasteiger partial charge in [-0.2, -0.15) is 11.8 Å². The summed E-state index contributed by atoms with van der Waals surface area (Å²) in [5.41, 5.74) is 5.90. The summed E-state index contributed by atoms with van der Waals surface area (Å²) in [5.74, 6) is 0.825. The van der Waals surface area contributed by atoms with Gasteiger partial charge in [0.15, 0.2) is 0 Å². The van der Waals surface area contributed by atoms with Crippen molar-refractivity contribution < 1.29 is 14.3 Å². The van der Waals surface area contributed by atoms with Crippen LogP contribution in [-0.4, -0.2) is 67.6 Å². The zero-order valence-corrected chi connectivity index (χ0v) is 13.1. The van der Waals surface area contributed by atoms with E-state index in [0.29, 0.717) is 19.5 Å². The minimum absolute atomic E-state index is 0.0284. The number of methoxy groups -OCH3 is 1. The van der Waals surface area contributed by atoms with Gasteiger partial charge in [-0.05, 0) is 31.3 Å². The number of nitrogens with one attached hydrogen (secondary N) is 1. The molecule has 20 heavy (non-hydrogen) atoms. The monoisotopic (exact) mass is 303 g/mol. The quantitative estimate of drug-likeness (QED) is 0.681. The van der Waals surface area contributed by atoms with Crippen molar-refractivity contribution in [3.05, 3.63) is 0 Å². The Balaban J connectivity index is 2.30. The molecule has 1 heterocycles. The first kappa shape index (κ1) is 17.3. The predicted octanol–water partition coefficient (Wildman–Crippen LogP) is -0.180. The molecular weight excluding hydrogens is 278 g/mol. The molecule has 1 saturated heterocycles. The van der Waals surface area contributed by atoms with Gasteiger partial charge in [-0.3, -0.25) is 9.59 Å². The highest BCUT2D eigenvalue weighted by molar-refractivity contribution is 7.98. The van der Waals surface area contributed by atoms with E-state index in [1.165, 1.54) is 7.11 Å². The van der Waals surface area contributed by atoms with Crippen LogP contribution in [0.3, 0.4) is 0 Å². The lowest BCUT2D eigenvalue weighted by atomic mass is 10.0. The fraction of sp³-hybridized carbons (Fsp3) is 0.846. The van der Waals surface area contributed by atoms with Gasteiger partial charge in [0, 0.05) is 26.2 Å². The van der Waals surface area contributed by atoms with Crippen LogP contribution in [0.2, 0.25) is 0 Å². The Bertz CT molecular complexity index is 320. The summed E-state index contributed by atoms with van der Waals surface area (Å²) in [5, 5.41) is 2.91. The minimum Gasteiger partial charge on any atom is -0.375 e. The molecule has 1 aliphatic heterocycles. The largest absolute Gasteiger partial charge is 0.375 e. The van der Waals surface area contributed by atoms with E-state index in [-0.39, 0.29) is 24.5 Å². The van der Waals surface area contributed by atoms with Gasteiger partial charge >= 0.3 is 0 Å². The first-order valence-electron chi connectivity index (χ1n) is 6.90. The van der Waals surface area contributed by atoms with Crippen LogP contribution in [0.15, 0.2) is 0 Å². The highest BCUT2D eigenvalue weighted by Gasteiger charge is 2.26.